The highest BCUT2D eigenvalue weighted by atomic mass is 19.1. The van der Waals surface area contributed by atoms with Crippen molar-refractivity contribution in [3.8, 4) is 0 Å². The number of halogens is 1. The quantitative estimate of drug-likeness (QED) is 0.594. The van der Waals surface area contributed by atoms with Gasteiger partial charge in [-0.1, -0.05) is 72.8 Å². The Kier molecular flexibility index (Phi) is 4.48. The summed E-state index contributed by atoms with van der Waals surface area (Å²) in [6.45, 7) is 6.95. The third-order valence-corrected chi connectivity index (χ3v) is 6.57. The lowest BCUT2D eigenvalue weighted by atomic mass is 9.67. The molecule has 3 aromatic carbocycles. The number of rotatable bonds is 4. The minimum atomic E-state index is -0.200. The van der Waals surface area contributed by atoms with Gasteiger partial charge in [0.25, 0.3) is 0 Å². The number of nitrogens with one attached hydrogen (secondary N) is 1. The van der Waals surface area contributed by atoms with Gasteiger partial charge < -0.3 is 5.32 Å². The summed E-state index contributed by atoms with van der Waals surface area (Å²) in [7, 11) is 0. The lowest BCUT2D eigenvalue weighted by Gasteiger charge is -2.36. The van der Waals surface area contributed by atoms with Gasteiger partial charge in [-0.15, -0.1) is 6.58 Å². The zero-order chi connectivity index (χ0) is 19.8. The molecule has 3 atom stereocenters. The summed E-state index contributed by atoms with van der Waals surface area (Å²) in [6.07, 6.45) is 2.10. The summed E-state index contributed by atoms with van der Waals surface area (Å²) in [5.41, 5.74) is 4.49. The number of likely N-dealkylation sites (tertiary alicyclic amines) is 1. The monoisotopic (exact) mass is 384 g/mol. The maximum absolute atomic E-state index is 14.0. The van der Waals surface area contributed by atoms with Crippen molar-refractivity contribution in [3.05, 3.63) is 114 Å². The first-order valence-electron chi connectivity index (χ1n) is 10.2. The van der Waals surface area contributed by atoms with E-state index in [1.54, 1.807) is 12.1 Å². The van der Waals surface area contributed by atoms with Gasteiger partial charge >= 0.3 is 0 Å². The third-order valence-electron chi connectivity index (χ3n) is 6.57. The zero-order valence-corrected chi connectivity index (χ0v) is 16.4. The molecule has 0 saturated carbocycles. The van der Waals surface area contributed by atoms with Gasteiger partial charge in [0.2, 0.25) is 0 Å². The van der Waals surface area contributed by atoms with E-state index in [1.165, 1.54) is 16.7 Å². The SMILES string of the molecule is C=C[C@H]1CN(Cc2ccccc2)CC12c1ccc(F)cc1N[C@H]2c1ccccc1. The highest BCUT2D eigenvalue weighted by Gasteiger charge is 2.56. The Bertz CT molecular complexity index is 1020. The maximum atomic E-state index is 14.0. The molecule has 0 bridgehead atoms. The first-order valence-corrected chi connectivity index (χ1v) is 10.2. The summed E-state index contributed by atoms with van der Waals surface area (Å²) >= 11 is 0. The maximum Gasteiger partial charge on any atom is 0.125 e. The van der Waals surface area contributed by atoms with Gasteiger partial charge in [0.15, 0.2) is 0 Å². The van der Waals surface area contributed by atoms with Crippen LogP contribution in [0.25, 0.3) is 0 Å². The second-order valence-electron chi connectivity index (χ2n) is 8.22. The van der Waals surface area contributed by atoms with Gasteiger partial charge in [-0.25, -0.2) is 4.39 Å². The van der Waals surface area contributed by atoms with E-state index in [1.807, 2.05) is 12.1 Å². The molecule has 2 heterocycles. The Labute approximate surface area is 171 Å². The molecule has 1 saturated heterocycles. The molecule has 0 aromatic heterocycles. The number of nitrogens with zero attached hydrogens (tertiary/aromatic N) is 1. The predicted octanol–water partition coefficient (Wildman–Crippen LogP) is 5.55. The zero-order valence-electron chi connectivity index (χ0n) is 16.4. The molecule has 0 amide bonds. The molecule has 2 aliphatic heterocycles. The minimum absolute atomic E-state index is 0.0873. The Balaban J connectivity index is 1.59. The number of hydrogen-bond donors (Lipinski definition) is 1. The summed E-state index contributed by atoms with van der Waals surface area (Å²) in [5, 5.41) is 3.66. The van der Waals surface area contributed by atoms with Crippen LogP contribution in [0.4, 0.5) is 10.1 Å². The molecule has 2 aliphatic rings. The van der Waals surface area contributed by atoms with Gasteiger partial charge in [0.05, 0.1) is 6.04 Å². The van der Waals surface area contributed by atoms with Gasteiger partial charge in [0.1, 0.15) is 5.82 Å². The Hall–Kier alpha value is -2.91. The summed E-state index contributed by atoms with van der Waals surface area (Å²) in [5.74, 6) is 0.0741. The smallest absolute Gasteiger partial charge is 0.125 e. The number of hydrogen-bond acceptors (Lipinski definition) is 2. The van der Waals surface area contributed by atoms with Crippen molar-refractivity contribution in [1.29, 1.82) is 0 Å². The third kappa shape index (κ3) is 2.97. The highest BCUT2D eigenvalue weighted by Crippen LogP contribution is 2.56. The van der Waals surface area contributed by atoms with Crippen LogP contribution in [0.5, 0.6) is 0 Å². The first-order chi connectivity index (χ1) is 14.2. The number of fused-ring (bicyclic) bond motifs is 2. The fourth-order valence-corrected chi connectivity index (χ4v) is 5.34. The number of benzene rings is 3. The lowest BCUT2D eigenvalue weighted by molar-refractivity contribution is 0.292. The average Bonchev–Trinajstić information content (AvgIpc) is 3.27. The molecule has 1 N–H and O–H groups in total. The average molecular weight is 384 g/mol. The molecule has 3 heteroatoms. The summed E-state index contributed by atoms with van der Waals surface area (Å²) in [4.78, 5) is 2.51. The van der Waals surface area contributed by atoms with Gasteiger partial charge in [-0.3, -0.25) is 4.90 Å². The van der Waals surface area contributed by atoms with Crippen LogP contribution >= 0.6 is 0 Å². The Morgan fingerprint density at radius 2 is 1.76 bits per heavy atom. The molecule has 1 spiro atoms. The highest BCUT2D eigenvalue weighted by molar-refractivity contribution is 5.65. The summed E-state index contributed by atoms with van der Waals surface area (Å²) in [6, 6.07) is 26.4. The van der Waals surface area contributed by atoms with Crippen LogP contribution in [0, 0.1) is 11.7 Å². The van der Waals surface area contributed by atoms with E-state index < -0.39 is 0 Å². The van der Waals surface area contributed by atoms with E-state index >= 15 is 0 Å². The molecule has 2 nitrogen and oxygen atoms in total. The standard InChI is InChI=1S/C26H25FN2/c1-2-21-17-29(16-19-9-5-3-6-10-19)18-26(21)23-14-13-22(27)15-24(23)28-25(26)20-11-7-4-8-12-20/h2-15,21,25,28H,1,16-18H2/t21-,25-,26?/m0/s1. The van der Waals surface area contributed by atoms with Crippen molar-refractivity contribution in [2.45, 2.75) is 18.0 Å². The summed E-state index contributed by atoms with van der Waals surface area (Å²) < 4.78 is 14.0. The lowest BCUT2D eigenvalue weighted by Crippen LogP contribution is -2.39. The van der Waals surface area contributed by atoms with Crippen molar-refractivity contribution in [2.75, 3.05) is 18.4 Å². The molecule has 1 fully saturated rings. The van der Waals surface area contributed by atoms with E-state index in [0.29, 0.717) is 0 Å². The van der Waals surface area contributed by atoms with E-state index in [2.05, 4.69) is 77.5 Å². The van der Waals surface area contributed by atoms with E-state index in [0.717, 1.165) is 25.3 Å². The second kappa shape index (κ2) is 7.16. The molecular weight excluding hydrogens is 359 g/mol. The normalized spacial score (nSPS) is 25.7. The van der Waals surface area contributed by atoms with E-state index in [4.69, 9.17) is 0 Å². The molecule has 146 valence electrons. The Morgan fingerprint density at radius 3 is 2.48 bits per heavy atom. The fraction of sp³-hybridized carbons (Fsp3) is 0.231. The number of anilines is 1. The molecule has 3 aromatic rings. The van der Waals surface area contributed by atoms with Crippen LogP contribution in [0.3, 0.4) is 0 Å². The molecule has 0 radical (unpaired) electrons. The molecule has 0 aliphatic carbocycles. The van der Waals surface area contributed by atoms with E-state index in [-0.39, 0.29) is 23.2 Å². The van der Waals surface area contributed by atoms with Gasteiger partial charge in [-0.05, 0) is 28.8 Å². The second-order valence-corrected chi connectivity index (χ2v) is 8.22. The van der Waals surface area contributed by atoms with Crippen LogP contribution in [-0.2, 0) is 12.0 Å². The predicted molar refractivity (Wildman–Crippen MR) is 116 cm³/mol. The van der Waals surface area contributed by atoms with E-state index in [9.17, 15) is 4.39 Å². The van der Waals surface area contributed by atoms with Crippen molar-refractivity contribution < 1.29 is 4.39 Å². The van der Waals surface area contributed by atoms with Gasteiger partial charge in [0, 0.05) is 36.7 Å². The molecular formula is C26H25FN2. The molecule has 29 heavy (non-hydrogen) atoms. The fourth-order valence-electron chi connectivity index (χ4n) is 5.34. The van der Waals surface area contributed by atoms with Crippen LogP contribution in [0.2, 0.25) is 0 Å². The van der Waals surface area contributed by atoms with Crippen molar-refractivity contribution >= 4 is 5.69 Å². The van der Waals surface area contributed by atoms with Crippen LogP contribution in [-0.4, -0.2) is 18.0 Å². The van der Waals surface area contributed by atoms with Crippen molar-refractivity contribution in [1.82, 2.24) is 4.90 Å². The minimum Gasteiger partial charge on any atom is -0.377 e. The first kappa shape index (κ1) is 18.1. The molecule has 1 unspecified atom stereocenters. The van der Waals surface area contributed by atoms with Crippen molar-refractivity contribution in [3.63, 3.8) is 0 Å². The molecule has 5 rings (SSSR count). The largest absolute Gasteiger partial charge is 0.377 e. The van der Waals surface area contributed by atoms with Crippen LogP contribution in [0.15, 0.2) is 91.5 Å². The van der Waals surface area contributed by atoms with Crippen LogP contribution in [0.1, 0.15) is 22.7 Å². The Morgan fingerprint density at radius 1 is 1.03 bits per heavy atom. The van der Waals surface area contributed by atoms with Crippen LogP contribution < -0.4 is 5.32 Å². The van der Waals surface area contributed by atoms with Gasteiger partial charge in [-0.2, -0.15) is 0 Å². The van der Waals surface area contributed by atoms with Crippen molar-refractivity contribution in [2.24, 2.45) is 5.92 Å². The topological polar surface area (TPSA) is 15.3 Å².